The number of para-hydroxylation sites is 1. The molecule has 3 aromatic rings. The van der Waals surface area contributed by atoms with E-state index in [-0.39, 0.29) is 17.3 Å². The molecule has 1 aromatic heterocycles. The lowest BCUT2D eigenvalue weighted by atomic mass is 10.2. The van der Waals surface area contributed by atoms with Gasteiger partial charge in [0.1, 0.15) is 40.6 Å². The van der Waals surface area contributed by atoms with Crippen LogP contribution in [0.25, 0.3) is 0 Å². The molecule has 128 valence electrons. The Hall–Kier alpha value is -3.09. The van der Waals surface area contributed by atoms with Crippen molar-refractivity contribution in [2.75, 3.05) is 10.6 Å². The molecule has 7 heteroatoms. The third-order valence-electron chi connectivity index (χ3n) is 3.44. The fourth-order valence-electron chi connectivity index (χ4n) is 2.26. The van der Waals surface area contributed by atoms with E-state index < -0.39 is 11.6 Å². The predicted octanol–water partition coefficient (Wildman–Crippen LogP) is 4.56. The molecular formula is C18H15F3N4. The van der Waals surface area contributed by atoms with Crippen molar-refractivity contribution in [2.45, 2.75) is 13.5 Å². The molecule has 2 N–H and O–H groups in total. The molecule has 0 aliphatic rings. The first-order valence-corrected chi connectivity index (χ1v) is 7.56. The SMILES string of the molecule is Cc1nc(NCc2ccc(F)cc2)cc(Nc2c(F)cccc2F)n1. The summed E-state index contributed by atoms with van der Waals surface area (Å²) in [5, 5.41) is 5.71. The maximum Gasteiger partial charge on any atom is 0.149 e. The Labute approximate surface area is 142 Å². The van der Waals surface area contributed by atoms with Crippen molar-refractivity contribution in [1.29, 1.82) is 0 Å². The van der Waals surface area contributed by atoms with E-state index in [9.17, 15) is 13.2 Å². The van der Waals surface area contributed by atoms with Gasteiger partial charge in [0.15, 0.2) is 0 Å². The number of anilines is 3. The van der Waals surface area contributed by atoms with Gasteiger partial charge in [-0.2, -0.15) is 0 Å². The van der Waals surface area contributed by atoms with Crippen LogP contribution >= 0.6 is 0 Å². The highest BCUT2D eigenvalue weighted by Gasteiger charge is 2.10. The topological polar surface area (TPSA) is 49.8 Å². The van der Waals surface area contributed by atoms with Crippen LogP contribution in [0.4, 0.5) is 30.5 Å². The second-order valence-electron chi connectivity index (χ2n) is 5.39. The van der Waals surface area contributed by atoms with Crippen LogP contribution in [0, 0.1) is 24.4 Å². The van der Waals surface area contributed by atoms with Crippen LogP contribution in [0.1, 0.15) is 11.4 Å². The van der Waals surface area contributed by atoms with Gasteiger partial charge in [0, 0.05) is 12.6 Å². The van der Waals surface area contributed by atoms with Crippen LogP contribution in [0.2, 0.25) is 0 Å². The number of aromatic nitrogens is 2. The summed E-state index contributed by atoms with van der Waals surface area (Å²) >= 11 is 0. The number of nitrogens with one attached hydrogen (secondary N) is 2. The van der Waals surface area contributed by atoms with Gasteiger partial charge in [-0.1, -0.05) is 18.2 Å². The number of aryl methyl sites for hydroxylation is 1. The fraction of sp³-hybridized carbons (Fsp3) is 0.111. The van der Waals surface area contributed by atoms with Crippen molar-refractivity contribution in [3.8, 4) is 0 Å². The van der Waals surface area contributed by atoms with Crippen LogP contribution in [0.15, 0.2) is 48.5 Å². The van der Waals surface area contributed by atoms with Crippen LogP contribution in [0.3, 0.4) is 0 Å². The number of halogens is 3. The second-order valence-corrected chi connectivity index (χ2v) is 5.39. The molecule has 0 unspecified atom stereocenters. The highest BCUT2D eigenvalue weighted by Crippen LogP contribution is 2.23. The van der Waals surface area contributed by atoms with Crippen molar-refractivity contribution in [3.63, 3.8) is 0 Å². The van der Waals surface area contributed by atoms with Crippen molar-refractivity contribution >= 4 is 17.3 Å². The third-order valence-corrected chi connectivity index (χ3v) is 3.44. The molecule has 0 bridgehead atoms. The summed E-state index contributed by atoms with van der Waals surface area (Å²) < 4.78 is 40.4. The highest BCUT2D eigenvalue weighted by molar-refractivity contribution is 5.60. The number of benzene rings is 2. The normalized spacial score (nSPS) is 10.6. The molecule has 0 radical (unpaired) electrons. The Bertz CT molecular complexity index is 862. The van der Waals surface area contributed by atoms with E-state index in [1.807, 2.05) is 0 Å². The van der Waals surface area contributed by atoms with Gasteiger partial charge in [0.2, 0.25) is 0 Å². The Morgan fingerprint density at radius 1 is 0.880 bits per heavy atom. The Kier molecular flexibility index (Phi) is 4.83. The zero-order chi connectivity index (χ0) is 17.8. The minimum Gasteiger partial charge on any atom is -0.366 e. The molecule has 2 aromatic carbocycles. The maximum atomic E-state index is 13.7. The Morgan fingerprint density at radius 2 is 1.52 bits per heavy atom. The fourth-order valence-corrected chi connectivity index (χ4v) is 2.26. The molecule has 3 rings (SSSR count). The molecule has 0 aliphatic heterocycles. The standard InChI is InChI=1S/C18H15F3N4/c1-11-23-16(22-10-12-5-7-13(19)8-6-12)9-17(24-11)25-18-14(20)3-2-4-15(18)21/h2-9H,10H2,1H3,(H2,22,23,24,25). The van der Waals surface area contributed by atoms with Crippen molar-refractivity contribution in [2.24, 2.45) is 0 Å². The molecule has 0 spiro atoms. The van der Waals surface area contributed by atoms with E-state index in [1.165, 1.54) is 18.2 Å². The lowest BCUT2D eigenvalue weighted by molar-refractivity contribution is 0.590. The lowest BCUT2D eigenvalue weighted by Gasteiger charge is -2.11. The Morgan fingerprint density at radius 3 is 2.20 bits per heavy atom. The molecule has 0 atom stereocenters. The smallest absolute Gasteiger partial charge is 0.149 e. The van der Waals surface area contributed by atoms with Gasteiger partial charge in [-0.25, -0.2) is 23.1 Å². The van der Waals surface area contributed by atoms with Crippen molar-refractivity contribution < 1.29 is 13.2 Å². The van der Waals surface area contributed by atoms with Crippen LogP contribution in [-0.2, 0) is 6.54 Å². The molecule has 1 heterocycles. The number of hydrogen-bond donors (Lipinski definition) is 2. The lowest BCUT2D eigenvalue weighted by Crippen LogP contribution is -2.06. The molecule has 0 fully saturated rings. The number of rotatable bonds is 5. The van der Waals surface area contributed by atoms with E-state index in [1.54, 1.807) is 25.1 Å². The zero-order valence-electron chi connectivity index (χ0n) is 13.4. The number of nitrogens with zero attached hydrogens (tertiary/aromatic N) is 2. The Balaban J connectivity index is 1.77. The molecule has 0 aliphatic carbocycles. The average Bonchev–Trinajstić information content (AvgIpc) is 2.57. The van der Waals surface area contributed by atoms with Gasteiger partial charge < -0.3 is 10.6 Å². The van der Waals surface area contributed by atoms with Crippen molar-refractivity contribution in [3.05, 3.63) is 77.4 Å². The van der Waals surface area contributed by atoms with Gasteiger partial charge in [0.05, 0.1) is 0 Å². The summed E-state index contributed by atoms with van der Waals surface area (Å²) in [7, 11) is 0. The minimum absolute atomic E-state index is 0.262. The average molecular weight is 344 g/mol. The summed E-state index contributed by atoms with van der Waals surface area (Å²) in [5.74, 6) is -0.549. The van der Waals surface area contributed by atoms with E-state index in [0.717, 1.165) is 17.7 Å². The molecule has 0 saturated heterocycles. The zero-order valence-corrected chi connectivity index (χ0v) is 13.4. The summed E-state index contributed by atoms with van der Waals surface area (Å²) in [5.41, 5.74) is 0.595. The van der Waals surface area contributed by atoms with E-state index in [4.69, 9.17) is 0 Å². The molecule has 0 saturated carbocycles. The maximum absolute atomic E-state index is 13.7. The van der Waals surface area contributed by atoms with Gasteiger partial charge >= 0.3 is 0 Å². The van der Waals surface area contributed by atoms with Gasteiger partial charge in [-0.05, 0) is 36.8 Å². The van der Waals surface area contributed by atoms with Gasteiger partial charge in [-0.15, -0.1) is 0 Å². The number of hydrogen-bond acceptors (Lipinski definition) is 4. The highest BCUT2D eigenvalue weighted by atomic mass is 19.1. The molecular weight excluding hydrogens is 329 g/mol. The monoisotopic (exact) mass is 344 g/mol. The largest absolute Gasteiger partial charge is 0.366 e. The minimum atomic E-state index is -0.711. The predicted molar refractivity (Wildman–Crippen MR) is 90.1 cm³/mol. The van der Waals surface area contributed by atoms with E-state index >= 15 is 0 Å². The molecule has 0 amide bonds. The first-order valence-electron chi connectivity index (χ1n) is 7.56. The summed E-state index contributed by atoms with van der Waals surface area (Å²) in [6.07, 6.45) is 0. The molecule has 25 heavy (non-hydrogen) atoms. The first-order chi connectivity index (χ1) is 12.0. The first kappa shape index (κ1) is 16.8. The summed E-state index contributed by atoms with van der Waals surface area (Å²) in [4.78, 5) is 8.36. The summed E-state index contributed by atoms with van der Waals surface area (Å²) in [6, 6.07) is 11.2. The molecule has 4 nitrogen and oxygen atoms in total. The van der Waals surface area contributed by atoms with E-state index in [2.05, 4.69) is 20.6 Å². The van der Waals surface area contributed by atoms with E-state index in [0.29, 0.717) is 18.2 Å². The van der Waals surface area contributed by atoms with Gasteiger partial charge in [0.25, 0.3) is 0 Å². The summed E-state index contributed by atoms with van der Waals surface area (Å²) in [6.45, 7) is 2.09. The van der Waals surface area contributed by atoms with Crippen molar-refractivity contribution in [1.82, 2.24) is 9.97 Å². The van der Waals surface area contributed by atoms with Gasteiger partial charge in [-0.3, -0.25) is 0 Å². The second kappa shape index (κ2) is 7.21. The van der Waals surface area contributed by atoms with Crippen LogP contribution in [-0.4, -0.2) is 9.97 Å². The quantitative estimate of drug-likeness (QED) is 0.712. The van der Waals surface area contributed by atoms with Crippen LogP contribution in [0.5, 0.6) is 0 Å². The third kappa shape index (κ3) is 4.26. The van der Waals surface area contributed by atoms with Crippen LogP contribution < -0.4 is 10.6 Å².